The van der Waals surface area contributed by atoms with Gasteiger partial charge in [0.15, 0.2) is 5.75 Å². The second-order valence-corrected chi connectivity index (χ2v) is 6.09. The molecule has 0 N–H and O–H groups in total. The Bertz CT molecular complexity index is 767. The van der Waals surface area contributed by atoms with Crippen LogP contribution in [0.4, 0.5) is 0 Å². The Morgan fingerprint density at radius 1 is 1.22 bits per heavy atom. The van der Waals surface area contributed by atoms with Gasteiger partial charge in [0.1, 0.15) is 12.3 Å². The van der Waals surface area contributed by atoms with Crippen molar-refractivity contribution < 1.29 is 37.4 Å². The molecule has 0 spiro atoms. The Hall–Kier alpha value is -1.26. The Morgan fingerprint density at radius 3 is 2.33 bits per heavy atom. The number of benzene rings is 1. The molecule has 1 radical (unpaired) electrons. The maximum Gasteiger partial charge on any atom is 0.278 e. The zero-order chi connectivity index (χ0) is 19.0. The van der Waals surface area contributed by atoms with Crippen LogP contribution in [0.1, 0.15) is 39.0 Å². The maximum absolute atomic E-state index is 13.0. The Morgan fingerprint density at radius 2 is 1.81 bits per heavy atom. The van der Waals surface area contributed by atoms with E-state index in [9.17, 15) is 4.79 Å². The van der Waals surface area contributed by atoms with Crippen molar-refractivity contribution in [1.82, 2.24) is 9.78 Å². The summed E-state index contributed by atoms with van der Waals surface area (Å²) in [4.78, 5) is 13.0. The third kappa shape index (κ3) is 7.35. The van der Waals surface area contributed by atoms with Crippen molar-refractivity contribution in [1.29, 1.82) is 0 Å². The monoisotopic (exact) mass is 446 g/mol. The van der Waals surface area contributed by atoms with Crippen LogP contribution in [0.2, 0.25) is 0 Å². The number of hydrogen-bond acceptors (Lipinski definition) is 3. The van der Waals surface area contributed by atoms with Gasteiger partial charge in [-0.3, -0.25) is 4.79 Å². The molecule has 0 saturated heterocycles. The zero-order valence-corrected chi connectivity index (χ0v) is 20.7. The van der Waals surface area contributed by atoms with E-state index < -0.39 is 0 Å². The van der Waals surface area contributed by atoms with Crippen LogP contribution in [0.15, 0.2) is 41.7 Å². The molecular formula is C22H33N2O2Y-. The number of ether oxygens (including phenoxy) is 1. The van der Waals surface area contributed by atoms with Gasteiger partial charge in [0.25, 0.3) is 5.56 Å². The Balaban J connectivity index is 0. The van der Waals surface area contributed by atoms with Crippen molar-refractivity contribution >= 4 is 0 Å². The van der Waals surface area contributed by atoms with Crippen molar-refractivity contribution in [2.24, 2.45) is 5.92 Å². The predicted octanol–water partition coefficient (Wildman–Crippen LogP) is 5.22. The number of aryl methyl sites for hydroxylation is 2. The molecule has 1 aromatic carbocycles. The van der Waals surface area contributed by atoms with Gasteiger partial charge in [-0.1, -0.05) is 64.6 Å². The molecule has 147 valence electrons. The quantitative estimate of drug-likeness (QED) is 0.451. The summed E-state index contributed by atoms with van der Waals surface area (Å²) in [6, 6.07) is 7.84. The van der Waals surface area contributed by atoms with Gasteiger partial charge in [0.2, 0.25) is 0 Å². The number of nitrogens with zero attached hydrogens (tertiary/aromatic N) is 2. The molecule has 4 nitrogen and oxygen atoms in total. The molecule has 0 saturated carbocycles. The minimum absolute atomic E-state index is 0. The van der Waals surface area contributed by atoms with Crippen LogP contribution in [0.25, 0.3) is 11.1 Å². The molecule has 0 aliphatic rings. The number of aromatic nitrogens is 2. The number of rotatable bonds is 6. The molecule has 0 unspecified atom stereocenters. The van der Waals surface area contributed by atoms with Gasteiger partial charge in [-0.15, -0.1) is 0 Å². The van der Waals surface area contributed by atoms with Crippen LogP contribution in [0.5, 0.6) is 5.75 Å². The summed E-state index contributed by atoms with van der Waals surface area (Å²) in [5.41, 5.74) is 3.11. The molecule has 0 aliphatic carbocycles. The Labute approximate surface area is 189 Å². The third-order valence-corrected chi connectivity index (χ3v) is 3.57. The fraction of sp³-hybridized carbons (Fsp3) is 0.409. The average molecular weight is 446 g/mol. The minimum Gasteiger partial charge on any atom is -0.487 e. The molecule has 2 rings (SSSR count). The first-order valence-electron chi connectivity index (χ1n) is 8.87. The first-order chi connectivity index (χ1) is 12.0. The van der Waals surface area contributed by atoms with Crippen LogP contribution in [-0.4, -0.2) is 16.4 Å². The zero-order valence-electron chi connectivity index (χ0n) is 17.9. The molecule has 0 aliphatic heterocycles. The molecule has 5 heteroatoms. The van der Waals surface area contributed by atoms with Crippen molar-refractivity contribution in [2.75, 3.05) is 6.61 Å². The van der Waals surface area contributed by atoms with Gasteiger partial charge in [-0.25, -0.2) is 4.68 Å². The third-order valence-electron chi connectivity index (χ3n) is 3.57. The van der Waals surface area contributed by atoms with E-state index in [-0.39, 0.29) is 45.7 Å². The molecule has 27 heavy (non-hydrogen) atoms. The normalized spacial score (nSPS) is 9.44. The second kappa shape index (κ2) is 13.8. The first kappa shape index (κ1) is 28.0. The molecule has 1 aromatic heterocycles. The van der Waals surface area contributed by atoms with E-state index in [1.165, 1.54) is 0 Å². The molecule has 2 aromatic rings. The summed E-state index contributed by atoms with van der Waals surface area (Å²) in [6.45, 7) is 16.6. The van der Waals surface area contributed by atoms with Gasteiger partial charge < -0.3 is 12.2 Å². The summed E-state index contributed by atoms with van der Waals surface area (Å²) in [7, 11) is 0. The SMILES string of the molecule is C=CCOc1c(C)nn(CC(C)C)c(=O)c1-c1ccccc1C.CC.[CH3-].[Y]. The summed E-state index contributed by atoms with van der Waals surface area (Å²) in [5.74, 6) is 0.883. The van der Waals surface area contributed by atoms with Gasteiger partial charge >= 0.3 is 0 Å². The van der Waals surface area contributed by atoms with Crippen molar-refractivity contribution in [3.63, 3.8) is 0 Å². The van der Waals surface area contributed by atoms with E-state index in [2.05, 4.69) is 25.5 Å². The van der Waals surface area contributed by atoms with Gasteiger partial charge in [0, 0.05) is 39.3 Å². The van der Waals surface area contributed by atoms with E-state index in [1.807, 2.05) is 52.0 Å². The summed E-state index contributed by atoms with van der Waals surface area (Å²) in [5, 5.41) is 4.43. The summed E-state index contributed by atoms with van der Waals surface area (Å²) >= 11 is 0. The topological polar surface area (TPSA) is 44.1 Å². The Kier molecular flexibility index (Phi) is 14.3. The maximum atomic E-state index is 13.0. The largest absolute Gasteiger partial charge is 0.487 e. The van der Waals surface area contributed by atoms with E-state index in [0.29, 0.717) is 36.1 Å². The summed E-state index contributed by atoms with van der Waals surface area (Å²) < 4.78 is 7.32. The van der Waals surface area contributed by atoms with Gasteiger partial charge in [-0.05, 0) is 30.9 Å². The fourth-order valence-electron chi connectivity index (χ4n) is 2.56. The van der Waals surface area contributed by atoms with Crippen LogP contribution in [-0.2, 0) is 39.3 Å². The summed E-state index contributed by atoms with van der Waals surface area (Å²) in [6.07, 6.45) is 1.67. The molecule has 0 bridgehead atoms. The van der Waals surface area contributed by atoms with Crippen molar-refractivity contribution in [2.45, 2.75) is 48.1 Å². The van der Waals surface area contributed by atoms with E-state index >= 15 is 0 Å². The minimum atomic E-state index is -0.113. The van der Waals surface area contributed by atoms with E-state index in [4.69, 9.17) is 4.74 Å². The van der Waals surface area contributed by atoms with Gasteiger partial charge in [-0.2, -0.15) is 5.10 Å². The van der Waals surface area contributed by atoms with Crippen LogP contribution in [0.3, 0.4) is 0 Å². The molecular weight excluding hydrogens is 413 g/mol. The molecule has 0 atom stereocenters. The predicted molar refractivity (Wildman–Crippen MR) is 112 cm³/mol. The van der Waals surface area contributed by atoms with Crippen molar-refractivity contribution in [3.8, 4) is 16.9 Å². The first-order valence-corrected chi connectivity index (χ1v) is 8.87. The molecule has 0 amide bonds. The van der Waals surface area contributed by atoms with Gasteiger partial charge in [0.05, 0.1) is 5.56 Å². The van der Waals surface area contributed by atoms with Crippen LogP contribution >= 0.6 is 0 Å². The van der Waals surface area contributed by atoms with E-state index in [1.54, 1.807) is 10.8 Å². The van der Waals surface area contributed by atoms with Crippen molar-refractivity contribution in [3.05, 3.63) is 66.0 Å². The second-order valence-electron chi connectivity index (χ2n) is 6.09. The average Bonchev–Trinajstić information content (AvgIpc) is 2.59. The fourth-order valence-corrected chi connectivity index (χ4v) is 2.56. The standard InChI is InChI=1S/C19H24N2O2.C2H6.CH3.Y/c1-6-11-23-18-15(5)20-21(12-13(2)3)19(22)17(18)16-10-8-7-9-14(16)4;1-2;;/h6-10,13H,1,11-12H2,2-5H3;1-2H3;1H3;/q;;-1;. The number of hydrogen-bond donors (Lipinski definition) is 0. The molecule has 0 fully saturated rings. The van der Waals surface area contributed by atoms with Crippen LogP contribution in [0, 0.1) is 27.2 Å². The van der Waals surface area contributed by atoms with E-state index in [0.717, 1.165) is 11.1 Å². The molecule has 1 heterocycles. The van der Waals surface area contributed by atoms with Crippen LogP contribution < -0.4 is 10.3 Å². The smallest absolute Gasteiger partial charge is 0.278 e.